The second-order valence-electron chi connectivity index (χ2n) is 2.83. The summed E-state index contributed by atoms with van der Waals surface area (Å²) in [6.45, 7) is 0.217. The molecule has 0 aromatic carbocycles. The molecule has 0 unspecified atom stereocenters. The van der Waals surface area contributed by atoms with Crippen LogP contribution in [0.1, 0.15) is 12.8 Å². The van der Waals surface area contributed by atoms with Gasteiger partial charge in [-0.25, -0.2) is 0 Å². The Morgan fingerprint density at radius 2 is 2.40 bits per heavy atom. The van der Waals surface area contributed by atoms with Gasteiger partial charge in [-0.2, -0.15) is 5.10 Å². The number of hydrogen-bond acceptors (Lipinski definition) is 2. The van der Waals surface area contributed by atoms with Gasteiger partial charge in [0.2, 0.25) is 0 Å². The van der Waals surface area contributed by atoms with Crippen LogP contribution in [0.5, 0.6) is 0 Å². The van der Waals surface area contributed by atoms with Gasteiger partial charge in [-0.1, -0.05) is 0 Å². The molecule has 1 aliphatic rings. The minimum atomic E-state index is -0.0243. The van der Waals surface area contributed by atoms with E-state index in [1.807, 2.05) is 16.9 Å². The van der Waals surface area contributed by atoms with Gasteiger partial charge >= 0.3 is 0 Å². The third-order valence-electron chi connectivity index (χ3n) is 2.11. The van der Waals surface area contributed by atoms with Crippen molar-refractivity contribution < 1.29 is 5.11 Å². The summed E-state index contributed by atoms with van der Waals surface area (Å²) in [5, 5.41) is 13.0. The average Bonchev–Trinajstić information content (AvgIpc) is 2.58. The summed E-state index contributed by atoms with van der Waals surface area (Å²) in [6.07, 6.45) is 5.77. The van der Waals surface area contributed by atoms with E-state index in [2.05, 4.69) is 5.10 Å². The molecule has 1 fully saturated rings. The van der Waals surface area contributed by atoms with Gasteiger partial charge in [0.25, 0.3) is 0 Å². The Morgan fingerprint density at radius 1 is 1.60 bits per heavy atom. The topological polar surface area (TPSA) is 38.0 Å². The molecular weight excluding hydrogens is 128 g/mol. The van der Waals surface area contributed by atoms with Crippen molar-refractivity contribution in [3.8, 4) is 0 Å². The van der Waals surface area contributed by atoms with Crippen LogP contribution < -0.4 is 0 Å². The van der Waals surface area contributed by atoms with Gasteiger partial charge in [-0.15, -0.1) is 0 Å². The van der Waals surface area contributed by atoms with E-state index >= 15 is 0 Å². The molecular formula is C7H10N2O. The van der Waals surface area contributed by atoms with Gasteiger partial charge < -0.3 is 5.11 Å². The zero-order chi connectivity index (χ0) is 7.03. The Hall–Kier alpha value is -0.830. The van der Waals surface area contributed by atoms with Gasteiger partial charge in [0.1, 0.15) is 0 Å². The van der Waals surface area contributed by atoms with Crippen molar-refractivity contribution in [3.63, 3.8) is 0 Å². The van der Waals surface area contributed by atoms with Crippen LogP contribution in [0.2, 0.25) is 0 Å². The first-order valence-corrected chi connectivity index (χ1v) is 3.48. The van der Waals surface area contributed by atoms with E-state index in [1.165, 1.54) is 0 Å². The van der Waals surface area contributed by atoms with Crippen molar-refractivity contribution in [2.24, 2.45) is 0 Å². The molecule has 1 saturated carbocycles. The van der Waals surface area contributed by atoms with E-state index in [-0.39, 0.29) is 12.1 Å². The average molecular weight is 138 g/mol. The second kappa shape index (κ2) is 1.83. The molecule has 54 valence electrons. The van der Waals surface area contributed by atoms with E-state index in [0.717, 1.165) is 12.8 Å². The highest BCUT2D eigenvalue weighted by atomic mass is 16.3. The van der Waals surface area contributed by atoms with E-state index in [4.69, 9.17) is 5.11 Å². The summed E-state index contributed by atoms with van der Waals surface area (Å²) in [7, 11) is 0. The van der Waals surface area contributed by atoms with Crippen molar-refractivity contribution in [2.75, 3.05) is 6.61 Å². The fraction of sp³-hybridized carbons (Fsp3) is 0.571. The first kappa shape index (κ1) is 5.92. The molecule has 0 spiro atoms. The molecule has 0 radical (unpaired) electrons. The molecule has 0 saturated heterocycles. The summed E-state index contributed by atoms with van der Waals surface area (Å²) in [6, 6.07) is 1.88. The predicted molar refractivity (Wildman–Crippen MR) is 36.5 cm³/mol. The number of aliphatic hydroxyl groups is 1. The summed E-state index contributed by atoms with van der Waals surface area (Å²) in [4.78, 5) is 0. The number of aliphatic hydroxyl groups excluding tert-OH is 1. The van der Waals surface area contributed by atoms with Crippen molar-refractivity contribution in [3.05, 3.63) is 18.5 Å². The van der Waals surface area contributed by atoms with Crippen LogP contribution in [-0.2, 0) is 5.54 Å². The standard InChI is InChI=1S/C7H10N2O/c10-6-7(2-3-7)9-5-1-4-8-9/h1,4-5,10H,2-3,6H2. The van der Waals surface area contributed by atoms with Crippen LogP contribution in [0.15, 0.2) is 18.5 Å². The maximum Gasteiger partial charge on any atom is 0.0859 e. The highest BCUT2D eigenvalue weighted by molar-refractivity contribution is 5.00. The van der Waals surface area contributed by atoms with Gasteiger partial charge in [0.05, 0.1) is 12.1 Å². The Balaban J connectivity index is 2.27. The lowest BCUT2D eigenvalue weighted by atomic mass is 10.3. The van der Waals surface area contributed by atoms with Crippen LogP contribution in [0.3, 0.4) is 0 Å². The number of aromatic nitrogens is 2. The Kier molecular flexibility index (Phi) is 1.08. The second-order valence-corrected chi connectivity index (χ2v) is 2.83. The molecule has 3 nitrogen and oxygen atoms in total. The number of nitrogens with zero attached hydrogens (tertiary/aromatic N) is 2. The lowest BCUT2D eigenvalue weighted by molar-refractivity contribution is 0.202. The predicted octanol–water partition coefficient (Wildman–Crippen LogP) is 0.365. The summed E-state index contributed by atoms with van der Waals surface area (Å²) in [5.41, 5.74) is -0.0243. The van der Waals surface area contributed by atoms with Gasteiger partial charge in [0.15, 0.2) is 0 Å². The third-order valence-corrected chi connectivity index (χ3v) is 2.11. The van der Waals surface area contributed by atoms with Crippen molar-refractivity contribution in [1.29, 1.82) is 0 Å². The van der Waals surface area contributed by atoms with Crippen LogP contribution in [0, 0.1) is 0 Å². The molecule has 0 aliphatic heterocycles. The Bertz CT molecular complexity index is 214. The first-order valence-electron chi connectivity index (χ1n) is 3.48. The highest BCUT2D eigenvalue weighted by Crippen LogP contribution is 2.41. The lowest BCUT2D eigenvalue weighted by Crippen LogP contribution is -2.21. The minimum absolute atomic E-state index is 0.0243. The molecule has 0 amide bonds. The Labute approximate surface area is 59.3 Å². The molecule has 1 N–H and O–H groups in total. The number of hydrogen-bond donors (Lipinski definition) is 1. The van der Waals surface area contributed by atoms with E-state index < -0.39 is 0 Å². The summed E-state index contributed by atoms with van der Waals surface area (Å²) in [5.74, 6) is 0. The van der Waals surface area contributed by atoms with E-state index in [0.29, 0.717) is 0 Å². The van der Waals surface area contributed by atoms with Crippen LogP contribution in [-0.4, -0.2) is 21.5 Å². The number of rotatable bonds is 2. The van der Waals surface area contributed by atoms with Crippen LogP contribution >= 0.6 is 0 Å². The molecule has 1 aliphatic carbocycles. The molecule has 10 heavy (non-hydrogen) atoms. The third kappa shape index (κ3) is 0.671. The zero-order valence-corrected chi connectivity index (χ0v) is 5.70. The monoisotopic (exact) mass is 138 g/mol. The summed E-state index contributed by atoms with van der Waals surface area (Å²) >= 11 is 0. The van der Waals surface area contributed by atoms with Crippen molar-refractivity contribution >= 4 is 0 Å². The quantitative estimate of drug-likeness (QED) is 0.641. The van der Waals surface area contributed by atoms with Crippen LogP contribution in [0.4, 0.5) is 0 Å². The maximum atomic E-state index is 8.97. The molecule has 3 heteroatoms. The highest BCUT2D eigenvalue weighted by Gasteiger charge is 2.44. The Morgan fingerprint density at radius 3 is 2.80 bits per heavy atom. The summed E-state index contributed by atoms with van der Waals surface area (Å²) < 4.78 is 1.85. The minimum Gasteiger partial charge on any atom is -0.394 e. The van der Waals surface area contributed by atoms with Crippen molar-refractivity contribution in [1.82, 2.24) is 9.78 Å². The van der Waals surface area contributed by atoms with Gasteiger partial charge in [-0.05, 0) is 18.9 Å². The van der Waals surface area contributed by atoms with E-state index in [9.17, 15) is 0 Å². The normalized spacial score (nSPS) is 20.9. The first-order chi connectivity index (χ1) is 4.87. The molecule has 0 bridgehead atoms. The molecule has 1 heterocycles. The van der Waals surface area contributed by atoms with E-state index in [1.54, 1.807) is 6.20 Å². The largest absolute Gasteiger partial charge is 0.394 e. The van der Waals surface area contributed by atoms with Crippen molar-refractivity contribution in [2.45, 2.75) is 18.4 Å². The lowest BCUT2D eigenvalue weighted by Gasteiger charge is -2.10. The maximum absolute atomic E-state index is 8.97. The zero-order valence-electron chi connectivity index (χ0n) is 5.70. The molecule has 1 aromatic rings. The van der Waals surface area contributed by atoms with Gasteiger partial charge in [0, 0.05) is 12.4 Å². The smallest absolute Gasteiger partial charge is 0.0859 e. The fourth-order valence-electron chi connectivity index (χ4n) is 1.15. The van der Waals surface area contributed by atoms with Gasteiger partial charge in [-0.3, -0.25) is 4.68 Å². The molecule has 2 rings (SSSR count). The fourth-order valence-corrected chi connectivity index (χ4v) is 1.15. The van der Waals surface area contributed by atoms with Crippen LogP contribution in [0.25, 0.3) is 0 Å². The SMILES string of the molecule is OCC1(n2cccn2)CC1. The molecule has 1 aromatic heterocycles. The molecule has 0 atom stereocenters.